The molecule has 4 nitrogen and oxygen atoms in total. The number of hydrogen-bond donors (Lipinski definition) is 3. The second-order valence-electron chi connectivity index (χ2n) is 13.6. The Hall–Kier alpha value is -1.39. The zero-order valence-electron chi connectivity index (χ0n) is 22.3. The van der Waals surface area contributed by atoms with Gasteiger partial charge in [0.25, 0.3) is 0 Å². The molecular formula is C31H46N2O2. The van der Waals surface area contributed by atoms with Crippen molar-refractivity contribution in [3.63, 3.8) is 0 Å². The Labute approximate surface area is 211 Å². The number of benzene rings is 1. The summed E-state index contributed by atoms with van der Waals surface area (Å²) in [5, 5.41) is 22.1. The number of rotatable bonds is 4. The molecule has 0 unspecified atom stereocenters. The minimum absolute atomic E-state index is 0.0446. The highest BCUT2D eigenvalue weighted by Gasteiger charge is 2.63. The molecule has 4 fully saturated rings. The Morgan fingerprint density at radius 3 is 2.71 bits per heavy atom. The molecule has 35 heavy (non-hydrogen) atoms. The molecule has 3 N–H and O–H groups in total. The lowest BCUT2D eigenvalue weighted by molar-refractivity contribution is -0.174. The smallest absolute Gasteiger partial charge is 0.107 e. The summed E-state index contributed by atoms with van der Waals surface area (Å²) in [5.74, 6) is 4.98. The predicted octanol–water partition coefficient (Wildman–Crippen LogP) is 6.43. The van der Waals surface area contributed by atoms with E-state index in [1.165, 1.54) is 31.2 Å². The van der Waals surface area contributed by atoms with Crippen LogP contribution >= 0.6 is 0 Å². The van der Waals surface area contributed by atoms with E-state index in [0.29, 0.717) is 35.0 Å². The number of aryl methyl sites for hydroxylation is 2. The highest BCUT2D eigenvalue weighted by atomic mass is 16.3. The molecule has 4 aliphatic rings. The SMILES string of the molecule is Cc1ccc2nc(CC[C@H](C)[C@@H]3CC[C@@H]4[C@@H]5CC[C@@H]6C[C@@H](O)CC[C@]6(C)[C@H]5C[C@H](O)[C@@]43C)[nH]c2c1. The molecule has 4 saturated carbocycles. The van der Waals surface area contributed by atoms with Crippen LogP contribution < -0.4 is 0 Å². The van der Waals surface area contributed by atoms with E-state index in [1.54, 1.807) is 0 Å². The number of nitrogens with zero attached hydrogens (tertiary/aromatic N) is 1. The van der Waals surface area contributed by atoms with Crippen LogP contribution in [0, 0.1) is 53.3 Å². The summed E-state index contributed by atoms with van der Waals surface area (Å²) in [6.07, 6.45) is 11.0. The van der Waals surface area contributed by atoms with Gasteiger partial charge < -0.3 is 15.2 Å². The topological polar surface area (TPSA) is 69.1 Å². The Bertz CT molecular complexity index is 1080. The number of H-pyrrole nitrogens is 1. The standard InChI is InChI=1S/C31H46N2O2/c1-18-5-11-26-27(15-18)33-29(32-26)12-6-19(2)23-9-10-24-22-8-7-20-16-21(34)13-14-30(20,3)25(22)17-28(35)31(23,24)4/h5,11,15,19-25,28,34-35H,6-10,12-14,16-17H2,1-4H3,(H,32,33)/t19-,20+,21-,22-,23-,24+,25-,28-,30-,31+/m0/s1. The van der Waals surface area contributed by atoms with Crippen molar-refractivity contribution < 1.29 is 10.2 Å². The van der Waals surface area contributed by atoms with Gasteiger partial charge in [-0.3, -0.25) is 0 Å². The molecule has 0 aliphatic heterocycles. The zero-order chi connectivity index (χ0) is 24.5. The summed E-state index contributed by atoms with van der Waals surface area (Å²) < 4.78 is 0. The zero-order valence-corrected chi connectivity index (χ0v) is 22.3. The second-order valence-corrected chi connectivity index (χ2v) is 13.6. The van der Waals surface area contributed by atoms with Crippen molar-refractivity contribution in [1.29, 1.82) is 0 Å². The third-order valence-corrected chi connectivity index (χ3v) is 12.0. The first-order chi connectivity index (χ1) is 16.7. The van der Waals surface area contributed by atoms with Crippen molar-refractivity contribution in [3.05, 3.63) is 29.6 Å². The molecule has 0 saturated heterocycles. The number of imidazole rings is 1. The number of aromatic nitrogens is 2. The molecule has 10 atom stereocenters. The van der Waals surface area contributed by atoms with Gasteiger partial charge >= 0.3 is 0 Å². The fourth-order valence-corrected chi connectivity index (χ4v) is 10.0. The number of fused-ring (bicyclic) bond motifs is 6. The summed E-state index contributed by atoms with van der Waals surface area (Å²) in [5.41, 5.74) is 3.84. The van der Waals surface area contributed by atoms with Crippen molar-refractivity contribution in [2.75, 3.05) is 0 Å². The fourth-order valence-electron chi connectivity index (χ4n) is 10.0. The van der Waals surface area contributed by atoms with Gasteiger partial charge in [0, 0.05) is 6.42 Å². The van der Waals surface area contributed by atoms with Crippen molar-refractivity contribution in [2.45, 2.75) is 104 Å². The maximum atomic E-state index is 11.8. The minimum Gasteiger partial charge on any atom is -0.393 e. The summed E-state index contributed by atoms with van der Waals surface area (Å²) in [4.78, 5) is 8.40. The summed E-state index contributed by atoms with van der Waals surface area (Å²) in [7, 11) is 0. The van der Waals surface area contributed by atoms with Gasteiger partial charge in [0.2, 0.25) is 0 Å². The van der Waals surface area contributed by atoms with E-state index in [1.807, 2.05) is 0 Å². The van der Waals surface area contributed by atoms with Crippen LogP contribution in [0.4, 0.5) is 0 Å². The number of nitrogens with one attached hydrogen (secondary N) is 1. The van der Waals surface area contributed by atoms with E-state index < -0.39 is 0 Å². The lowest BCUT2D eigenvalue weighted by Gasteiger charge is -2.62. The molecule has 0 amide bonds. The molecule has 4 aliphatic carbocycles. The first-order valence-corrected chi connectivity index (χ1v) is 14.5. The van der Waals surface area contributed by atoms with Gasteiger partial charge in [0.15, 0.2) is 0 Å². The van der Waals surface area contributed by atoms with E-state index >= 15 is 0 Å². The monoisotopic (exact) mass is 478 g/mol. The summed E-state index contributed by atoms with van der Waals surface area (Å²) >= 11 is 0. The van der Waals surface area contributed by atoms with E-state index in [4.69, 9.17) is 4.98 Å². The largest absolute Gasteiger partial charge is 0.393 e. The van der Waals surface area contributed by atoms with Gasteiger partial charge in [-0.1, -0.05) is 26.8 Å². The third-order valence-electron chi connectivity index (χ3n) is 12.0. The van der Waals surface area contributed by atoms with Crippen LogP contribution in [0.2, 0.25) is 0 Å². The molecule has 1 heterocycles. The highest BCUT2D eigenvalue weighted by molar-refractivity contribution is 5.75. The van der Waals surface area contributed by atoms with Gasteiger partial charge in [0.1, 0.15) is 5.82 Å². The molecule has 0 radical (unpaired) electrons. The average molecular weight is 479 g/mol. The number of hydrogen-bond acceptors (Lipinski definition) is 3. The molecule has 192 valence electrons. The Morgan fingerprint density at radius 2 is 1.89 bits per heavy atom. The molecular weight excluding hydrogens is 432 g/mol. The maximum absolute atomic E-state index is 11.8. The Kier molecular flexibility index (Phi) is 5.88. The third kappa shape index (κ3) is 3.72. The van der Waals surface area contributed by atoms with Gasteiger partial charge in [-0.15, -0.1) is 0 Å². The minimum atomic E-state index is -0.194. The highest BCUT2D eigenvalue weighted by Crippen LogP contribution is 2.68. The van der Waals surface area contributed by atoms with Crippen LogP contribution in [-0.4, -0.2) is 32.4 Å². The predicted molar refractivity (Wildman–Crippen MR) is 141 cm³/mol. The lowest BCUT2D eigenvalue weighted by Crippen LogP contribution is -2.58. The molecule has 0 spiro atoms. The summed E-state index contributed by atoms with van der Waals surface area (Å²) in [6.45, 7) is 9.53. The number of aromatic amines is 1. The van der Waals surface area contributed by atoms with Crippen LogP contribution in [-0.2, 0) is 6.42 Å². The van der Waals surface area contributed by atoms with Crippen molar-refractivity contribution in [2.24, 2.45) is 46.3 Å². The first-order valence-electron chi connectivity index (χ1n) is 14.5. The normalized spacial score (nSPS) is 44.0. The second kappa shape index (κ2) is 8.58. The molecule has 4 heteroatoms. The van der Waals surface area contributed by atoms with E-state index in [-0.39, 0.29) is 17.6 Å². The average Bonchev–Trinajstić information content (AvgIpc) is 3.40. The van der Waals surface area contributed by atoms with Crippen LogP contribution in [0.25, 0.3) is 11.0 Å². The molecule has 1 aromatic heterocycles. The van der Waals surface area contributed by atoms with Gasteiger partial charge in [-0.2, -0.15) is 0 Å². The van der Waals surface area contributed by atoms with Crippen molar-refractivity contribution in [3.8, 4) is 0 Å². The van der Waals surface area contributed by atoms with Gasteiger partial charge in [-0.05, 0) is 129 Å². The van der Waals surface area contributed by atoms with Gasteiger partial charge in [-0.25, -0.2) is 4.98 Å². The molecule has 2 aromatic rings. The fraction of sp³-hybridized carbons (Fsp3) is 0.774. The Balaban J connectivity index is 1.18. The first kappa shape index (κ1) is 24.0. The van der Waals surface area contributed by atoms with Gasteiger partial charge in [0.05, 0.1) is 23.2 Å². The van der Waals surface area contributed by atoms with Crippen molar-refractivity contribution in [1.82, 2.24) is 9.97 Å². The molecule has 0 bridgehead atoms. The molecule has 6 rings (SSSR count). The van der Waals surface area contributed by atoms with E-state index in [0.717, 1.165) is 61.3 Å². The maximum Gasteiger partial charge on any atom is 0.107 e. The van der Waals surface area contributed by atoms with Crippen LogP contribution in [0.3, 0.4) is 0 Å². The number of aliphatic hydroxyl groups excluding tert-OH is 2. The molecule has 1 aromatic carbocycles. The quantitative estimate of drug-likeness (QED) is 0.474. The van der Waals surface area contributed by atoms with E-state index in [2.05, 4.69) is 50.9 Å². The lowest BCUT2D eigenvalue weighted by atomic mass is 9.43. The van der Waals surface area contributed by atoms with Crippen molar-refractivity contribution >= 4 is 11.0 Å². The van der Waals surface area contributed by atoms with Crippen LogP contribution in [0.1, 0.15) is 89.9 Å². The Morgan fingerprint density at radius 1 is 1.06 bits per heavy atom. The van der Waals surface area contributed by atoms with Crippen LogP contribution in [0.5, 0.6) is 0 Å². The van der Waals surface area contributed by atoms with E-state index in [9.17, 15) is 10.2 Å². The summed E-state index contributed by atoms with van der Waals surface area (Å²) in [6, 6.07) is 6.44. The number of aliphatic hydroxyl groups is 2. The van der Waals surface area contributed by atoms with Crippen LogP contribution in [0.15, 0.2) is 18.2 Å².